The van der Waals surface area contributed by atoms with Crippen LogP contribution < -0.4 is 10.1 Å². The largest absolute Gasteiger partial charge is 0.483 e. The lowest BCUT2D eigenvalue weighted by molar-refractivity contribution is -0.118. The number of nitrogens with one attached hydrogen (secondary N) is 1. The third-order valence-electron chi connectivity index (χ3n) is 3.38. The quantitative estimate of drug-likeness (QED) is 0.680. The van der Waals surface area contributed by atoms with Crippen LogP contribution in [0.5, 0.6) is 5.75 Å². The van der Waals surface area contributed by atoms with Gasteiger partial charge >= 0.3 is 0 Å². The van der Waals surface area contributed by atoms with Crippen molar-refractivity contribution in [3.63, 3.8) is 0 Å². The molecule has 126 valence electrons. The number of ketones is 1. The van der Waals surface area contributed by atoms with E-state index in [2.05, 4.69) is 21.2 Å². The van der Waals surface area contributed by atoms with Crippen LogP contribution in [0.1, 0.15) is 29.3 Å². The monoisotopic (exact) mass is 409 g/mol. The van der Waals surface area contributed by atoms with Crippen LogP contribution in [0.25, 0.3) is 0 Å². The second-order valence-electron chi connectivity index (χ2n) is 5.21. The first kappa shape index (κ1) is 18.5. The minimum absolute atomic E-state index is 0.0864. The molecule has 0 bridgehead atoms. The Bertz CT molecular complexity index is 777. The molecule has 4 nitrogen and oxygen atoms in total. The molecular formula is C18H17BrClNO3. The molecule has 2 rings (SSSR count). The molecule has 0 heterocycles. The van der Waals surface area contributed by atoms with E-state index in [9.17, 15) is 9.59 Å². The van der Waals surface area contributed by atoms with Gasteiger partial charge in [-0.2, -0.15) is 0 Å². The van der Waals surface area contributed by atoms with Crippen LogP contribution in [0.15, 0.2) is 40.9 Å². The Morgan fingerprint density at radius 3 is 2.62 bits per heavy atom. The first-order valence-corrected chi connectivity index (χ1v) is 8.59. The van der Waals surface area contributed by atoms with Crippen molar-refractivity contribution in [2.24, 2.45) is 0 Å². The number of halogens is 2. The highest BCUT2D eigenvalue weighted by Crippen LogP contribution is 2.24. The number of anilines is 1. The second kappa shape index (κ2) is 8.31. The molecule has 1 N–H and O–H groups in total. The maximum absolute atomic E-state index is 12.1. The number of ether oxygens (including phenoxy) is 1. The molecule has 0 atom stereocenters. The molecule has 1 amide bonds. The molecular weight excluding hydrogens is 394 g/mol. The van der Waals surface area contributed by atoms with Crippen LogP contribution in [0, 0.1) is 6.92 Å². The van der Waals surface area contributed by atoms with Gasteiger partial charge in [0.05, 0.1) is 5.56 Å². The lowest BCUT2D eigenvalue weighted by Gasteiger charge is -2.12. The van der Waals surface area contributed by atoms with Crippen LogP contribution in [0.2, 0.25) is 5.02 Å². The molecule has 2 aromatic rings. The molecule has 0 aliphatic heterocycles. The van der Waals surface area contributed by atoms with Crippen LogP contribution in [0.3, 0.4) is 0 Å². The highest BCUT2D eigenvalue weighted by Gasteiger charge is 2.13. The van der Waals surface area contributed by atoms with E-state index in [0.717, 1.165) is 10.0 Å². The normalized spacial score (nSPS) is 10.3. The van der Waals surface area contributed by atoms with Crippen molar-refractivity contribution in [3.05, 3.63) is 57.0 Å². The van der Waals surface area contributed by atoms with Gasteiger partial charge in [-0.1, -0.05) is 34.5 Å². The summed E-state index contributed by atoms with van der Waals surface area (Å²) in [5.41, 5.74) is 2.04. The number of amides is 1. The van der Waals surface area contributed by atoms with Crippen molar-refractivity contribution in [2.45, 2.75) is 20.3 Å². The Labute approximate surface area is 154 Å². The number of benzene rings is 2. The number of hydrogen-bond donors (Lipinski definition) is 1. The predicted molar refractivity (Wildman–Crippen MR) is 99.1 cm³/mol. The van der Waals surface area contributed by atoms with Crippen molar-refractivity contribution >= 4 is 44.9 Å². The van der Waals surface area contributed by atoms with Crippen LogP contribution in [0.4, 0.5) is 5.69 Å². The highest BCUT2D eigenvalue weighted by molar-refractivity contribution is 9.10. The van der Waals surface area contributed by atoms with Gasteiger partial charge in [0, 0.05) is 21.6 Å². The number of carbonyl (C=O) groups excluding carboxylic acids is 2. The molecule has 0 aromatic heterocycles. The smallest absolute Gasteiger partial charge is 0.262 e. The van der Waals surface area contributed by atoms with Gasteiger partial charge in [-0.15, -0.1) is 0 Å². The summed E-state index contributed by atoms with van der Waals surface area (Å²) >= 11 is 9.30. The second-order valence-corrected chi connectivity index (χ2v) is 6.57. The molecule has 0 aliphatic rings. The lowest BCUT2D eigenvalue weighted by atomic mass is 10.1. The van der Waals surface area contributed by atoms with E-state index in [-0.39, 0.29) is 18.3 Å². The Kier molecular flexibility index (Phi) is 6.40. The maximum Gasteiger partial charge on any atom is 0.262 e. The topological polar surface area (TPSA) is 55.4 Å². The summed E-state index contributed by atoms with van der Waals surface area (Å²) in [6, 6.07) is 10.4. The standard InChI is InChI=1S/C18H17BrClNO3/c1-3-16(22)14-9-13(20)5-7-17(14)24-10-18(23)21-15-6-4-12(19)8-11(15)2/h4-9H,3,10H2,1-2H3,(H,21,23). The molecule has 0 unspecified atom stereocenters. The predicted octanol–water partition coefficient (Wildman–Crippen LogP) is 5.02. The average Bonchev–Trinajstić information content (AvgIpc) is 2.55. The van der Waals surface area contributed by atoms with Gasteiger partial charge in [0.2, 0.25) is 0 Å². The summed E-state index contributed by atoms with van der Waals surface area (Å²) in [4.78, 5) is 24.0. The Balaban J connectivity index is 2.05. The molecule has 24 heavy (non-hydrogen) atoms. The molecule has 0 spiro atoms. The molecule has 6 heteroatoms. The summed E-state index contributed by atoms with van der Waals surface area (Å²) in [6.07, 6.45) is 0.334. The number of hydrogen-bond acceptors (Lipinski definition) is 3. The number of carbonyl (C=O) groups is 2. The third-order valence-corrected chi connectivity index (χ3v) is 4.11. The van der Waals surface area contributed by atoms with E-state index >= 15 is 0 Å². The van der Waals surface area contributed by atoms with Gasteiger partial charge in [-0.25, -0.2) is 0 Å². The first-order chi connectivity index (χ1) is 11.4. The minimum Gasteiger partial charge on any atom is -0.483 e. The summed E-state index contributed by atoms with van der Waals surface area (Å²) in [7, 11) is 0. The minimum atomic E-state index is -0.301. The molecule has 0 saturated heterocycles. The van der Waals surface area contributed by atoms with Crippen molar-refractivity contribution in [1.29, 1.82) is 0 Å². The fourth-order valence-electron chi connectivity index (χ4n) is 2.13. The van der Waals surface area contributed by atoms with Gasteiger partial charge in [-0.05, 0) is 48.9 Å². The van der Waals surface area contributed by atoms with Gasteiger partial charge in [0.15, 0.2) is 12.4 Å². The summed E-state index contributed by atoms with van der Waals surface area (Å²) in [5, 5.41) is 3.24. The summed E-state index contributed by atoms with van der Waals surface area (Å²) in [5.74, 6) is -0.0316. The lowest BCUT2D eigenvalue weighted by Crippen LogP contribution is -2.21. The maximum atomic E-state index is 12.1. The molecule has 0 fully saturated rings. The average molecular weight is 411 g/mol. The van der Waals surface area contributed by atoms with E-state index in [0.29, 0.717) is 28.4 Å². The van der Waals surface area contributed by atoms with Gasteiger partial charge in [0.1, 0.15) is 5.75 Å². The summed E-state index contributed by atoms with van der Waals surface area (Å²) in [6.45, 7) is 3.47. The van der Waals surface area contributed by atoms with Gasteiger partial charge < -0.3 is 10.1 Å². The van der Waals surface area contributed by atoms with Crippen molar-refractivity contribution < 1.29 is 14.3 Å². The zero-order chi connectivity index (χ0) is 17.7. The summed E-state index contributed by atoms with van der Waals surface area (Å²) < 4.78 is 6.45. The number of rotatable bonds is 6. The third kappa shape index (κ3) is 4.82. The Morgan fingerprint density at radius 2 is 1.96 bits per heavy atom. The molecule has 2 aromatic carbocycles. The van der Waals surface area contributed by atoms with E-state index in [1.165, 1.54) is 0 Å². The van der Waals surface area contributed by atoms with Crippen molar-refractivity contribution in [1.82, 2.24) is 0 Å². The zero-order valence-electron chi connectivity index (χ0n) is 13.4. The number of aryl methyl sites for hydroxylation is 1. The Hall–Kier alpha value is -1.85. The van der Waals surface area contributed by atoms with E-state index in [1.54, 1.807) is 25.1 Å². The van der Waals surface area contributed by atoms with Crippen molar-refractivity contribution in [3.8, 4) is 5.75 Å². The fraction of sp³-hybridized carbons (Fsp3) is 0.222. The van der Waals surface area contributed by atoms with Gasteiger partial charge in [-0.3, -0.25) is 9.59 Å². The van der Waals surface area contributed by atoms with E-state index in [1.807, 2.05) is 25.1 Å². The van der Waals surface area contributed by atoms with E-state index in [4.69, 9.17) is 16.3 Å². The van der Waals surface area contributed by atoms with Gasteiger partial charge in [0.25, 0.3) is 5.91 Å². The molecule has 0 radical (unpaired) electrons. The molecule has 0 saturated carbocycles. The fourth-order valence-corrected chi connectivity index (χ4v) is 2.78. The van der Waals surface area contributed by atoms with Crippen LogP contribution in [-0.2, 0) is 4.79 Å². The van der Waals surface area contributed by atoms with E-state index < -0.39 is 0 Å². The first-order valence-electron chi connectivity index (χ1n) is 7.42. The van der Waals surface area contributed by atoms with Crippen LogP contribution in [-0.4, -0.2) is 18.3 Å². The highest BCUT2D eigenvalue weighted by atomic mass is 79.9. The van der Waals surface area contributed by atoms with Crippen molar-refractivity contribution in [2.75, 3.05) is 11.9 Å². The zero-order valence-corrected chi connectivity index (χ0v) is 15.7. The SMILES string of the molecule is CCC(=O)c1cc(Cl)ccc1OCC(=O)Nc1ccc(Br)cc1C. The van der Waals surface area contributed by atoms with Crippen LogP contribution >= 0.6 is 27.5 Å². The Morgan fingerprint density at radius 1 is 1.21 bits per heavy atom. The number of Topliss-reactive ketones (excluding diaryl/α,β-unsaturated/α-hetero) is 1. The molecule has 0 aliphatic carbocycles.